The molecular formula is C13H16ClN3O3. The van der Waals surface area contributed by atoms with Crippen LogP contribution in [0.2, 0.25) is 5.02 Å². The van der Waals surface area contributed by atoms with E-state index in [2.05, 4.69) is 15.6 Å². The largest absolute Gasteiger partial charge is 0.463 e. The summed E-state index contributed by atoms with van der Waals surface area (Å²) in [6, 6.07) is 6.90. The molecule has 0 heterocycles. The highest BCUT2D eigenvalue weighted by atomic mass is 35.5. The van der Waals surface area contributed by atoms with Crippen LogP contribution in [0.15, 0.2) is 36.2 Å². The lowest BCUT2D eigenvalue weighted by molar-refractivity contribution is -0.137. The molecule has 6 nitrogen and oxygen atoms in total. The molecule has 0 radical (unpaired) electrons. The second-order valence-corrected chi connectivity index (χ2v) is 4.26. The van der Waals surface area contributed by atoms with Crippen molar-refractivity contribution in [3.63, 3.8) is 0 Å². The van der Waals surface area contributed by atoms with Gasteiger partial charge in [0.1, 0.15) is 5.82 Å². The molecule has 7 heteroatoms. The highest BCUT2D eigenvalue weighted by molar-refractivity contribution is 6.30. The van der Waals surface area contributed by atoms with Crippen molar-refractivity contribution in [3.05, 3.63) is 46.7 Å². The van der Waals surface area contributed by atoms with Crippen LogP contribution >= 0.6 is 11.6 Å². The number of ether oxygens (including phenoxy) is 1. The Morgan fingerprint density at radius 3 is 2.55 bits per heavy atom. The van der Waals surface area contributed by atoms with Gasteiger partial charge in [-0.1, -0.05) is 23.7 Å². The van der Waals surface area contributed by atoms with Crippen molar-refractivity contribution in [3.8, 4) is 0 Å². The Bertz CT molecular complexity index is 500. The maximum absolute atomic E-state index is 11.6. The Morgan fingerprint density at radius 2 is 1.95 bits per heavy atom. The Kier molecular flexibility index (Phi) is 6.39. The van der Waals surface area contributed by atoms with Crippen LogP contribution in [0, 0.1) is 0 Å². The highest BCUT2D eigenvalue weighted by Gasteiger charge is 2.04. The van der Waals surface area contributed by atoms with Crippen molar-refractivity contribution < 1.29 is 14.3 Å². The molecule has 0 saturated heterocycles. The lowest BCUT2D eigenvalue weighted by atomic mass is 10.1. The summed E-state index contributed by atoms with van der Waals surface area (Å²) in [6.45, 7) is 1.94. The third-order valence-electron chi connectivity index (χ3n) is 2.18. The number of carbonyl (C=O) groups is 2. The molecule has 0 aliphatic carbocycles. The first kappa shape index (κ1) is 15.8. The zero-order valence-electron chi connectivity index (χ0n) is 11.0. The van der Waals surface area contributed by atoms with E-state index in [0.29, 0.717) is 5.02 Å². The minimum atomic E-state index is -0.579. The molecule has 1 aromatic rings. The Morgan fingerprint density at radius 1 is 1.30 bits per heavy atom. The molecule has 0 saturated carbocycles. The van der Waals surface area contributed by atoms with E-state index in [9.17, 15) is 9.59 Å². The number of amides is 1. The summed E-state index contributed by atoms with van der Waals surface area (Å²) in [5, 5.41) is 0.605. The fourth-order valence-corrected chi connectivity index (χ4v) is 1.45. The van der Waals surface area contributed by atoms with Crippen LogP contribution in [0.4, 0.5) is 0 Å². The number of carbonyl (C=O) groups excluding carboxylic acids is 2. The topological polar surface area (TPSA) is 93.4 Å². The maximum Gasteiger partial charge on any atom is 0.334 e. The van der Waals surface area contributed by atoms with E-state index in [1.165, 1.54) is 0 Å². The van der Waals surface area contributed by atoms with Crippen LogP contribution in [-0.4, -0.2) is 18.5 Å². The maximum atomic E-state index is 11.6. The molecule has 108 valence electrons. The predicted molar refractivity (Wildman–Crippen MR) is 75.3 cm³/mol. The first-order valence-electron chi connectivity index (χ1n) is 5.94. The third kappa shape index (κ3) is 6.10. The molecular weight excluding hydrogens is 282 g/mol. The van der Waals surface area contributed by atoms with E-state index in [1.807, 2.05) is 0 Å². The van der Waals surface area contributed by atoms with E-state index in [-0.39, 0.29) is 24.8 Å². The number of rotatable bonds is 6. The Labute approximate surface area is 121 Å². The number of halogens is 1. The van der Waals surface area contributed by atoms with Crippen LogP contribution in [-0.2, 0) is 20.7 Å². The number of hydrazine groups is 1. The standard InChI is InChI=1S/C13H16ClN3O3/c1-2-20-13(19)8-11(15)16-17-12(18)7-9-3-5-10(14)6-4-9/h3-6,8,16H,2,7,15H2,1H3,(H,17,18)/b11-8+. The van der Waals surface area contributed by atoms with Gasteiger partial charge in [0.2, 0.25) is 5.91 Å². The van der Waals surface area contributed by atoms with Crippen molar-refractivity contribution in [2.45, 2.75) is 13.3 Å². The lowest BCUT2D eigenvalue weighted by Gasteiger charge is -2.08. The predicted octanol–water partition coefficient (Wildman–Crippen LogP) is 0.867. The minimum absolute atomic E-state index is 0.00657. The number of hydrogen-bond donors (Lipinski definition) is 3. The smallest absolute Gasteiger partial charge is 0.334 e. The van der Waals surface area contributed by atoms with Gasteiger partial charge in [0.05, 0.1) is 19.1 Å². The molecule has 0 unspecified atom stereocenters. The fourth-order valence-electron chi connectivity index (χ4n) is 1.32. The van der Waals surface area contributed by atoms with Crippen molar-refractivity contribution in [2.75, 3.05) is 6.61 Å². The van der Waals surface area contributed by atoms with Crippen LogP contribution in [0.3, 0.4) is 0 Å². The Balaban J connectivity index is 2.39. The molecule has 1 amide bonds. The number of esters is 1. The number of hydrogen-bond acceptors (Lipinski definition) is 5. The average molecular weight is 298 g/mol. The van der Waals surface area contributed by atoms with Crippen LogP contribution in [0.5, 0.6) is 0 Å². The lowest BCUT2D eigenvalue weighted by Crippen LogP contribution is -2.40. The summed E-state index contributed by atoms with van der Waals surface area (Å²) in [6.07, 6.45) is 1.21. The van der Waals surface area contributed by atoms with E-state index < -0.39 is 5.97 Å². The summed E-state index contributed by atoms with van der Waals surface area (Å²) in [4.78, 5) is 22.7. The average Bonchev–Trinajstić information content (AvgIpc) is 2.39. The first-order valence-corrected chi connectivity index (χ1v) is 6.32. The van der Waals surface area contributed by atoms with E-state index in [1.54, 1.807) is 31.2 Å². The molecule has 0 aromatic heterocycles. The van der Waals surface area contributed by atoms with Gasteiger partial charge in [-0.15, -0.1) is 0 Å². The van der Waals surface area contributed by atoms with Crippen molar-refractivity contribution in [2.24, 2.45) is 5.73 Å². The first-order chi connectivity index (χ1) is 9.51. The second kappa shape index (κ2) is 8.06. The normalized spacial score (nSPS) is 10.8. The summed E-state index contributed by atoms with van der Waals surface area (Å²) in [5.74, 6) is -0.884. The van der Waals surface area contributed by atoms with Gasteiger partial charge in [0, 0.05) is 5.02 Å². The Hall–Kier alpha value is -2.21. The van der Waals surface area contributed by atoms with Crippen LogP contribution < -0.4 is 16.6 Å². The molecule has 0 spiro atoms. The summed E-state index contributed by atoms with van der Waals surface area (Å²) < 4.78 is 4.67. The van der Waals surface area contributed by atoms with Crippen molar-refractivity contribution >= 4 is 23.5 Å². The van der Waals surface area contributed by atoms with Gasteiger partial charge >= 0.3 is 5.97 Å². The summed E-state index contributed by atoms with van der Waals surface area (Å²) in [5.41, 5.74) is 11.1. The molecule has 0 atom stereocenters. The van der Waals surface area contributed by atoms with E-state index in [4.69, 9.17) is 17.3 Å². The third-order valence-corrected chi connectivity index (χ3v) is 2.44. The van der Waals surface area contributed by atoms with Gasteiger partial charge in [-0.25, -0.2) is 4.79 Å². The monoisotopic (exact) mass is 297 g/mol. The van der Waals surface area contributed by atoms with Gasteiger partial charge in [-0.05, 0) is 24.6 Å². The van der Waals surface area contributed by atoms with Crippen LogP contribution in [0.25, 0.3) is 0 Å². The number of benzene rings is 1. The van der Waals surface area contributed by atoms with Gasteiger partial charge in [-0.3, -0.25) is 15.6 Å². The quantitative estimate of drug-likeness (QED) is 0.411. The minimum Gasteiger partial charge on any atom is -0.463 e. The van der Waals surface area contributed by atoms with Gasteiger partial charge in [-0.2, -0.15) is 0 Å². The number of nitrogens with two attached hydrogens (primary N) is 1. The summed E-state index contributed by atoms with van der Waals surface area (Å²) >= 11 is 5.74. The molecule has 1 aromatic carbocycles. The summed E-state index contributed by atoms with van der Waals surface area (Å²) in [7, 11) is 0. The molecule has 20 heavy (non-hydrogen) atoms. The zero-order chi connectivity index (χ0) is 15.0. The molecule has 1 rings (SSSR count). The van der Waals surface area contributed by atoms with Gasteiger partial charge < -0.3 is 10.5 Å². The molecule has 0 aliphatic heterocycles. The number of nitrogens with one attached hydrogen (secondary N) is 2. The molecule has 4 N–H and O–H groups in total. The van der Waals surface area contributed by atoms with Crippen molar-refractivity contribution in [1.82, 2.24) is 10.9 Å². The zero-order valence-corrected chi connectivity index (χ0v) is 11.7. The molecule has 0 aliphatic rings. The van der Waals surface area contributed by atoms with E-state index in [0.717, 1.165) is 11.6 Å². The second-order valence-electron chi connectivity index (χ2n) is 3.83. The van der Waals surface area contributed by atoms with Crippen LogP contribution in [0.1, 0.15) is 12.5 Å². The molecule has 0 bridgehead atoms. The van der Waals surface area contributed by atoms with Crippen molar-refractivity contribution in [1.29, 1.82) is 0 Å². The fraction of sp³-hybridized carbons (Fsp3) is 0.231. The van der Waals surface area contributed by atoms with Gasteiger partial charge in [0.25, 0.3) is 0 Å². The SMILES string of the molecule is CCOC(=O)/C=C(\N)NNC(=O)Cc1ccc(Cl)cc1. The molecule has 0 fully saturated rings. The van der Waals surface area contributed by atoms with Gasteiger partial charge in [0.15, 0.2) is 0 Å². The van der Waals surface area contributed by atoms with E-state index >= 15 is 0 Å². The highest BCUT2D eigenvalue weighted by Crippen LogP contribution is 2.09.